The Labute approximate surface area is 155 Å². The second-order valence-corrected chi connectivity index (χ2v) is 7.00. The smallest absolute Gasteiger partial charge is 0.262 e. The standard InChI is InChI=1S/C18H20N4O5/c23-13-8-19-7-11(13)20-6-9-2-1-3-10-15(9)18(27)22(17(10)26)12-4-5-14(24)21-16(12)25/h1-3,11-13,19-20,23H,4-8H2,(H,21,24,25)/t11-,12?,13-/m0/s1. The summed E-state index contributed by atoms with van der Waals surface area (Å²) in [7, 11) is 0. The number of benzene rings is 1. The molecule has 142 valence electrons. The van der Waals surface area contributed by atoms with Gasteiger partial charge in [-0.1, -0.05) is 12.1 Å². The van der Waals surface area contributed by atoms with Crippen molar-refractivity contribution in [2.45, 2.75) is 37.6 Å². The molecule has 3 atom stereocenters. The van der Waals surface area contributed by atoms with E-state index in [9.17, 15) is 24.3 Å². The molecule has 0 spiro atoms. The van der Waals surface area contributed by atoms with Crippen LogP contribution >= 0.6 is 0 Å². The normalized spacial score (nSPS) is 27.9. The third kappa shape index (κ3) is 3.03. The van der Waals surface area contributed by atoms with Crippen molar-refractivity contribution in [1.82, 2.24) is 20.9 Å². The number of hydrogen-bond acceptors (Lipinski definition) is 7. The number of nitrogens with zero attached hydrogens (tertiary/aromatic N) is 1. The van der Waals surface area contributed by atoms with Gasteiger partial charge in [-0.05, 0) is 18.1 Å². The molecule has 2 saturated heterocycles. The number of aliphatic hydroxyl groups is 1. The van der Waals surface area contributed by atoms with Crippen LogP contribution in [0.4, 0.5) is 0 Å². The molecule has 3 aliphatic rings. The van der Waals surface area contributed by atoms with Crippen molar-refractivity contribution in [1.29, 1.82) is 0 Å². The van der Waals surface area contributed by atoms with Gasteiger partial charge in [-0.25, -0.2) is 0 Å². The summed E-state index contributed by atoms with van der Waals surface area (Å²) in [6.45, 7) is 1.44. The highest BCUT2D eigenvalue weighted by molar-refractivity contribution is 6.24. The van der Waals surface area contributed by atoms with Crippen LogP contribution < -0.4 is 16.0 Å². The van der Waals surface area contributed by atoms with E-state index >= 15 is 0 Å². The Hall–Kier alpha value is -2.62. The minimum atomic E-state index is -0.975. The van der Waals surface area contributed by atoms with Gasteiger partial charge in [0.2, 0.25) is 11.8 Å². The summed E-state index contributed by atoms with van der Waals surface area (Å²) in [5.41, 5.74) is 1.17. The van der Waals surface area contributed by atoms with Crippen molar-refractivity contribution in [3.8, 4) is 0 Å². The summed E-state index contributed by atoms with van der Waals surface area (Å²) < 4.78 is 0. The number of carbonyl (C=O) groups is 4. The highest BCUT2D eigenvalue weighted by Gasteiger charge is 2.45. The molecule has 1 aromatic rings. The fourth-order valence-electron chi connectivity index (χ4n) is 3.85. The largest absolute Gasteiger partial charge is 0.390 e. The van der Waals surface area contributed by atoms with Gasteiger partial charge in [-0.2, -0.15) is 0 Å². The van der Waals surface area contributed by atoms with E-state index in [0.717, 1.165) is 4.90 Å². The quantitative estimate of drug-likeness (QED) is 0.474. The van der Waals surface area contributed by atoms with Gasteiger partial charge < -0.3 is 15.7 Å². The minimum Gasteiger partial charge on any atom is -0.390 e. The molecular weight excluding hydrogens is 352 g/mol. The first-order valence-electron chi connectivity index (χ1n) is 8.93. The first kappa shape index (κ1) is 17.8. The summed E-state index contributed by atoms with van der Waals surface area (Å²) in [6.07, 6.45) is -0.298. The van der Waals surface area contributed by atoms with E-state index < -0.39 is 35.8 Å². The summed E-state index contributed by atoms with van der Waals surface area (Å²) in [5.74, 6) is -2.07. The molecule has 2 fully saturated rings. The van der Waals surface area contributed by atoms with E-state index in [4.69, 9.17) is 0 Å². The van der Waals surface area contributed by atoms with Gasteiger partial charge in [-0.15, -0.1) is 0 Å². The Balaban J connectivity index is 1.58. The van der Waals surface area contributed by atoms with Crippen LogP contribution in [0, 0.1) is 0 Å². The maximum atomic E-state index is 13.0. The van der Waals surface area contributed by atoms with Crippen molar-refractivity contribution < 1.29 is 24.3 Å². The molecule has 9 heteroatoms. The van der Waals surface area contributed by atoms with Crippen LogP contribution in [0.25, 0.3) is 0 Å². The molecule has 4 amide bonds. The maximum Gasteiger partial charge on any atom is 0.262 e. The fourth-order valence-corrected chi connectivity index (χ4v) is 3.85. The molecule has 4 rings (SSSR count). The van der Waals surface area contributed by atoms with E-state index in [-0.39, 0.29) is 30.0 Å². The van der Waals surface area contributed by atoms with Gasteiger partial charge in [0, 0.05) is 32.1 Å². The van der Waals surface area contributed by atoms with Gasteiger partial charge in [0.25, 0.3) is 11.8 Å². The molecule has 3 aliphatic heterocycles. The molecule has 4 N–H and O–H groups in total. The fraction of sp³-hybridized carbons (Fsp3) is 0.444. The number of aliphatic hydroxyl groups excluding tert-OH is 1. The van der Waals surface area contributed by atoms with Crippen LogP contribution in [0.5, 0.6) is 0 Å². The number of imide groups is 2. The number of fused-ring (bicyclic) bond motifs is 1. The molecule has 0 bridgehead atoms. The van der Waals surface area contributed by atoms with Crippen molar-refractivity contribution in [3.63, 3.8) is 0 Å². The van der Waals surface area contributed by atoms with Crippen LogP contribution in [0.3, 0.4) is 0 Å². The van der Waals surface area contributed by atoms with Gasteiger partial charge in [-0.3, -0.25) is 29.4 Å². The molecule has 1 unspecified atom stereocenters. The Morgan fingerprint density at radius 3 is 2.67 bits per heavy atom. The Bertz CT molecular complexity index is 839. The lowest BCUT2D eigenvalue weighted by molar-refractivity contribution is -0.136. The van der Waals surface area contributed by atoms with Gasteiger partial charge in [0.15, 0.2) is 0 Å². The van der Waals surface area contributed by atoms with E-state index in [2.05, 4.69) is 16.0 Å². The zero-order valence-corrected chi connectivity index (χ0v) is 14.5. The molecule has 0 aliphatic carbocycles. The third-order valence-electron chi connectivity index (χ3n) is 5.29. The Kier molecular flexibility index (Phi) is 4.50. The predicted molar refractivity (Wildman–Crippen MR) is 92.6 cm³/mol. The SMILES string of the molecule is O=C1CCC(N2C(=O)c3cccc(CN[C@H]4CNC[C@@H]4O)c3C2=O)C(=O)N1. The summed E-state index contributed by atoms with van der Waals surface area (Å²) in [6, 6.07) is 3.89. The zero-order chi connectivity index (χ0) is 19.1. The van der Waals surface area contributed by atoms with E-state index in [0.29, 0.717) is 25.2 Å². The summed E-state index contributed by atoms with van der Waals surface area (Å²) >= 11 is 0. The van der Waals surface area contributed by atoms with Crippen molar-refractivity contribution >= 4 is 23.6 Å². The topological polar surface area (TPSA) is 128 Å². The maximum absolute atomic E-state index is 13.0. The van der Waals surface area contributed by atoms with E-state index in [1.165, 1.54) is 0 Å². The van der Waals surface area contributed by atoms with Crippen LogP contribution in [0.1, 0.15) is 39.1 Å². The zero-order valence-electron chi connectivity index (χ0n) is 14.5. The average Bonchev–Trinajstić information content (AvgIpc) is 3.16. The van der Waals surface area contributed by atoms with Crippen molar-refractivity contribution in [2.24, 2.45) is 0 Å². The predicted octanol–water partition coefficient (Wildman–Crippen LogP) is -1.49. The lowest BCUT2D eigenvalue weighted by Gasteiger charge is -2.27. The summed E-state index contributed by atoms with van der Waals surface area (Å²) in [5, 5.41) is 18.4. The molecule has 9 nitrogen and oxygen atoms in total. The monoisotopic (exact) mass is 372 g/mol. The molecule has 1 aromatic carbocycles. The minimum absolute atomic E-state index is 0.0881. The van der Waals surface area contributed by atoms with Crippen molar-refractivity contribution in [3.05, 3.63) is 34.9 Å². The van der Waals surface area contributed by atoms with Crippen LogP contribution in [-0.4, -0.2) is 64.9 Å². The number of rotatable bonds is 4. The average molecular weight is 372 g/mol. The number of β-amino-alcohol motifs (C(OH)–C–C–N with tert-alkyl or cyclic N) is 1. The van der Waals surface area contributed by atoms with Crippen LogP contribution in [-0.2, 0) is 16.1 Å². The van der Waals surface area contributed by atoms with E-state index in [1.807, 2.05) is 0 Å². The molecule has 0 aromatic heterocycles. The number of nitrogens with one attached hydrogen (secondary N) is 3. The summed E-state index contributed by atoms with van der Waals surface area (Å²) in [4.78, 5) is 50.2. The molecule has 0 saturated carbocycles. The highest BCUT2D eigenvalue weighted by atomic mass is 16.3. The Morgan fingerprint density at radius 2 is 1.96 bits per heavy atom. The first-order valence-corrected chi connectivity index (χ1v) is 8.93. The van der Waals surface area contributed by atoms with Crippen molar-refractivity contribution in [2.75, 3.05) is 13.1 Å². The molecular formula is C18H20N4O5. The van der Waals surface area contributed by atoms with Crippen LogP contribution in [0.2, 0.25) is 0 Å². The van der Waals surface area contributed by atoms with Gasteiger partial charge in [0.05, 0.1) is 17.2 Å². The van der Waals surface area contributed by atoms with Crippen LogP contribution in [0.15, 0.2) is 18.2 Å². The number of amides is 4. The van der Waals surface area contributed by atoms with Gasteiger partial charge >= 0.3 is 0 Å². The number of piperidine rings is 1. The second-order valence-electron chi connectivity index (χ2n) is 7.00. The Morgan fingerprint density at radius 1 is 1.15 bits per heavy atom. The molecule has 27 heavy (non-hydrogen) atoms. The lowest BCUT2D eigenvalue weighted by Crippen LogP contribution is -2.54. The molecule has 3 heterocycles. The third-order valence-corrected chi connectivity index (χ3v) is 5.29. The second kappa shape index (κ2) is 6.84. The lowest BCUT2D eigenvalue weighted by atomic mass is 10.0. The molecule has 0 radical (unpaired) electrons. The van der Waals surface area contributed by atoms with Gasteiger partial charge in [0.1, 0.15) is 6.04 Å². The highest BCUT2D eigenvalue weighted by Crippen LogP contribution is 2.30. The first-order chi connectivity index (χ1) is 13.0. The number of carbonyl (C=O) groups excluding carboxylic acids is 4. The number of hydrogen-bond donors (Lipinski definition) is 4. The van der Waals surface area contributed by atoms with E-state index in [1.54, 1.807) is 18.2 Å².